The largest absolute Gasteiger partial charge is 0.478 e. The van der Waals surface area contributed by atoms with Gasteiger partial charge in [0, 0.05) is 6.54 Å². The number of para-hydroxylation sites is 1. The summed E-state index contributed by atoms with van der Waals surface area (Å²) in [6, 6.07) is 4.88. The zero-order valence-corrected chi connectivity index (χ0v) is 9.87. The Morgan fingerprint density at radius 3 is 2.56 bits per heavy atom. The van der Waals surface area contributed by atoms with Crippen LogP contribution in [0.3, 0.4) is 0 Å². The smallest absolute Gasteiger partial charge is 0.337 e. The summed E-state index contributed by atoms with van der Waals surface area (Å²) in [4.78, 5) is 11.0. The molecule has 0 spiro atoms. The van der Waals surface area contributed by atoms with E-state index >= 15 is 0 Å². The molecule has 4 heteroatoms. The van der Waals surface area contributed by atoms with Gasteiger partial charge < -0.3 is 16.2 Å². The number of carboxylic acids is 1. The molecule has 0 saturated heterocycles. The summed E-state index contributed by atoms with van der Waals surface area (Å²) in [5, 5.41) is 12.1. The first-order valence-corrected chi connectivity index (χ1v) is 5.17. The summed E-state index contributed by atoms with van der Waals surface area (Å²) in [6.45, 7) is 6.88. The van der Waals surface area contributed by atoms with Crippen LogP contribution in [-0.2, 0) is 0 Å². The topological polar surface area (TPSA) is 75.3 Å². The minimum Gasteiger partial charge on any atom is -0.478 e. The predicted octanol–water partition coefficient (Wildman–Crippen LogP) is 2.42. The molecule has 88 valence electrons. The Morgan fingerprint density at radius 2 is 2.06 bits per heavy atom. The van der Waals surface area contributed by atoms with Crippen molar-refractivity contribution in [3.05, 3.63) is 23.8 Å². The number of hydrogen-bond donors (Lipinski definition) is 3. The normalized spacial score (nSPS) is 11.2. The van der Waals surface area contributed by atoms with Gasteiger partial charge in [0.25, 0.3) is 0 Å². The first-order chi connectivity index (χ1) is 7.31. The molecule has 4 nitrogen and oxygen atoms in total. The molecule has 0 aromatic heterocycles. The fourth-order valence-corrected chi connectivity index (χ4v) is 1.30. The fourth-order valence-electron chi connectivity index (χ4n) is 1.30. The molecule has 0 heterocycles. The number of nitrogens with one attached hydrogen (secondary N) is 1. The summed E-state index contributed by atoms with van der Waals surface area (Å²) < 4.78 is 0. The SMILES string of the molecule is CC(C)(C)CNc1c(N)cccc1C(=O)O. The van der Waals surface area contributed by atoms with Crippen molar-refractivity contribution in [1.82, 2.24) is 0 Å². The zero-order valence-electron chi connectivity index (χ0n) is 9.87. The summed E-state index contributed by atoms with van der Waals surface area (Å²) in [5.41, 5.74) is 7.01. The van der Waals surface area contributed by atoms with Crippen LogP contribution in [0, 0.1) is 5.41 Å². The molecule has 0 bridgehead atoms. The highest BCUT2D eigenvalue weighted by atomic mass is 16.4. The number of benzene rings is 1. The fraction of sp³-hybridized carbons (Fsp3) is 0.417. The van der Waals surface area contributed by atoms with Crippen LogP contribution in [0.2, 0.25) is 0 Å². The van der Waals surface area contributed by atoms with E-state index in [4.69, 9.17) is 10.8 Å². The quantitative estimate of drug-likeness (QED) is 0.686. The van der Waals surface area contributed by atoms with Crippen LogP contribution in [0.15, 0.2) is 18.2 Å². The Labute approximate surface area is 95.5 Å². The highest BCUT2D eigenvalue weighted by Gasteiger charge is 2.15. The Morgan fingerprint density at radius 1 is 1.44 bits per heavy atom. The molecule has 1 aromatic rings. The Bertz CT molecular complexity index is 394. The lowest BCUT2D eigenvalue weighted by Crippen LogP contribution is -2.21. The van der Waals surface area contributed by atoms with E-state index in [1.807, 2.05) is 0 Å². The van der Waals surface area contributed by atoms with Gasteiger partial charge in [-0.25, -0.2) is 4.79 Å². The molecular weight excluding hydrogens is 204 g/mol. The standard InChI is InChI=1S/C12H18N2O2/c1-12(2,3)7-14-10-8(11(15)16)5-4-6-9(10)13/h4-6,14H,7,13H2,1-3H3,(H,15,16). The summed E-state index contributed by atoms with van der Waals surface area (Å²) >= 11 is 0. The van der Waals surface area contributed by atoms with E-state index in [-0.39, 0.29) is 11.0 Å². The third-order valence-corrected chi connectivity index (χ3v) is 2.12. The van der Waals surface area contributed by atoms with Crippen molar-refractivity contribution in [3.8, 4) is 0 Å². The van der Waals surface area contributed by atoms with Gasteiger partial charge in [-0.15, -0.1) is 0 Å². The third-order valence-electron chi connectivity index (χ3n) is 2.12. The van der Waals surface area contributed by atoms with Crippen LogP contribution in [0.4, 0.5) is 11.4 Å². The van der Waals surface area contributed by atoms with E-state index in [1.54, 1.807) is 18.2 Å². The number of carboxylic acid groups (broad SMARTS) is 1. The van der Waals surface area contributed by atoms with E-state index in [0.29, 0.717) is 17.9 Å². The number of nitrogen functional groups attached to an aromatic ring is 1. The molecule has 0 unspecified atom stereocenters. The van der Waals surface area contributed by atoms with Gasteiger partial charge in [0.15, 0.2) is 0 Å². The number of rotatable bonds is 3. The first kappa shape index (κ1) is 12.4. The molecule has 0 atom stereocenters. The highest BCUT2D eigenvalue weighted by molar-refractivity contribution is 5.97. The predicted molar refractivity (Wildman–Crippen MR) is 65.8 cm³/mol. The molecule has 0 amide bonds. The molecule has 0 saturated carbocycles. The van der Waals surface area contributed by atoms with Crippen molar-refractivity contribution >= 4 is 17.3 Å². The molecule has 0 aliphatic carbocycles. The van der Waals surface area contributed by atoms with Crippen LogP contribution in [-0.4, -0.2) is 17.6 Å². The molecule has 1 aromatic carbocycles. The summed E-state index contributed by atoms with van der Waals surface area (Å²) in [7, 11) is 0. The third kappa shape index (κ3) is 3.15. The number of anilines is 2. The lowest BCUT2D eigenvalue weighted by atomic mass is 9.96. The maximum Gasteiger partial charge on any atom is 0.337 e. The van der Waals surface area contributed by atoms with Crippen molar-refractivity contribution < 1.29 is 9.90 Å². The first-order valence-electron chi connectivity index (χ1n) is 5.17. The Balaban J connectivity index is 2.98. The van der Waals surface area contributed by atoms with E-state index < -0.39 is 5.97 Å². The number of carbonyl (C=O) groups is 1. The number of hydrogen-bond acceptors (Lipinski definition) is 3. The van der Waals surface area contributed by atoms with Crippen LogP contribution in [0.25, 0.3) is 0 Å². The van der Waals surface area contributed by atoms with Crippen LogP contribution in [0.5, 0.6) is 0 Å². The van der Waals surface area contributed by atoms with Gasteiger partial charge in [0.2, 0.25) is 0 Å². The monoisotopic (exact) mass is 222 g/mol. The van der Waals surface area contributed by atoms with Gasteiger partial charge in [-0.2, -0.15) is 0 Å². The average Bonchev–Trinajstić information content (AvgIpc) is 2.13. The lowest BCUT2D eigenvalue weighted by Gasteiger charge is -2.21. The molecular formula is C12H18N2O2. The lowest BCUT2D eigenvalue weighted by molar-refractivity contribution is 0.0698. The number of nitrogens with two attached hydrogens (primary N) is 1. The molecule has 4 N–H and O–H groups in total. The van der Waals surface area contributed by atoms with Crippen molar-refractivity contribution in [2.24, 2.45) is 5.41 Å². The molecule has 1 rings (SSSR count). The van der Waals surface area contributed by atoms with E-state index in [2.05, 4.69) is 26.1 Å². The van der Waals surface area contributed by atoms with Gasteiger partial charge in [0.05, 0.1) is 16.9 Å². The van der Waals surface area contributed by atoms with E-state index in [0.717, 1.165) is 0 Å². The molecule has 0 radical (unpaired) electrons. The maximum absolute atomic E-state index is 11.0. The second-order valence-electron chi connectivity index (χ2n) is 4.99. The Kier molecular flexibility index (Phi) is 3.42. The minimum absolute atomic E-state index is 0.0675. The van der Waals surface area contributed by atoms with Gasteiger partial charge in [-0.05, 0) is 17.5 Å². The summed E-state index contributed by atoms with van der Waals surface area (Å²) in [5.74, 6) is -0.969. The van der Waals surface area contributed by atoms with Crippen LogP contribution in [0.1, 0.15) is 31.1 Å². The highest BCUT2D eigenvalue weighted by Crippen LogP contribution is 2.25. The second-order valence-corrected chi connectivity index (χ2v) is 4.99. The Hall–Kier alpha value is -1.71. The maximum atomic E-state index is 11.0. The van der Waals surface area contributed by atoms with Gasteiger partial charge in [-0.1, -0.05) is 26.8 Å². The molecule has 0 aliphatic heterocycles. The number of aromatic carboxylic acids is 1. The average molecular weight is 222 g/mol. The van der Waals surface area contributed by atoms with Crippen LogP contribution >= 0.6 is 0 Å². The minimum atomic E-state index is -0.969. The van der Waals surface area contributed by atoms with Crippen molar-refractivity contribution in [3.63, 3.8) is 0 Å². The van der Waals surface area contributed by atoms with E-state index in [9.17, 15) is 4.79 Å². The summed E-state index contributed by atoms with van der Waals surface area (Å²) in [6.07, 6.45) is 0. The van der Waals surface area contributed by atoms with E-state index in [1.165, 1.54) is 0 Å². The molecule has 0 aliphatic rings. The van der Waals surface area contributed by atoms with Crippen molar-refractivity contribution in [2.45, 2.75) is 20.8 Å². The van der Waals surface area contributed by atoms with Crippen molar-refractivity contribution in [2.75, 3.05) is 17.6 Å². The molecule has 0 fully saturated rings. The molecule has 16 heavy (non-hydrogen) atoms. The van der Waals surface area contributed by atoms with Gasteiger partial charge >= 0.3 is 5.97 Å². The van der Waals surface area contributed by atoms with Crippen molar-refractivity contribution in [1.29, 1.82) is 0 Å². The zero-order chi connectivity index (χ0) is 12.3. The van der Waals surface area contributed by atoms with Crippen LogP contribution < -0.4 is 11.1 Å². The van der Waals surface area contributed by atoms with Gasteiger partial charge in [-0.3, -0.25) is 0 Å². The second kappa shape index (κ2) is 4.43. The van der Waals surface area contributed by atoms with Gasteiger partial charge in [0.1, 0.15) is 0 Å².